The minimum Gasteiger partial charge on any atom is -0.376 e. The first kappa shape index (κ1) is 12.1. The fourth-order valence-corrected chi connectivity index (χ4v) is 3.33. The van der Waals surface area contributed by atoms with E-state index in [1.807, 2.05) is 18.4 Å². The highest BCUT2D eigenvalue weighted by Gasteiger charge is 2.45. The summed E-state index contributed by atoms with van der Waals surface area (Å²) in [7, 11) is 1.85. The zero-order valence-electron chi connectivity index (χ0n) is 10.2. The van der Waals surface area contributed by atoms with Crippen molar-refractivity contribution >= 4 is 11.3 Å². The van der Waals surface area contributed by atoms with Crippen LogP contribution in [0.5, 0.6) is 0 Å². The molecule has 1 aromatic rings. The molecule has 1 unspecified atom stereocenters. The maximum absolute atomic E-state index is 5.80. The third kappa shape index (κ3) is 2.17. The largest absolute Gasteiger partial charge is 0.376 e. The number of methoxy groups -OCH3 is 1. The summed E-state index contributed by atoms with van der Waals surface area (Å²) in [6.45, 7) is 3.27. The number of hydrogen-bond acceptors (Lipinski definition) is 3. The average molecular weight is 239 g/mol. The van der Waals surface area contributed by atoms with Crippen LogP contribution in [0.2, 0.25) is 0 Å². The molecular weight excluding hydrogens is 218 g/mol. The Bertz CT molecular complexity index is 300. The van der Waals surface area contributed by atoms with E-state index in [1.165, 1.54) is 30.6 Å². The van der Waals surface area contributed by atoms with Crippen molar-refractivity contribution in [1.29, 1.82) is 0 Å². The first-order valence-electron chi connectivity index (χ1n) is 6.14. The smallest absolute Gasteiger partial charge is 0.0880 e. The first-order chi connectivity index (χ1) is 7.82. The maximum atomic E-state index is 5.80. The Morgan fingerprint density at radius 2 is 2.38 bits per heavy atom. The monoisotopic (exact) mass is 239 g/mol. The van der Waals surface area contributed by atoms with E-state index in [0.29, 0.717) is 6.04 Å². The van der Waals surface area contributed by atoms with E-state index in [1.54, 1.807) is 0 Å². The summed E-state index contributed by atoms with van der Waals surface area (Å²) >= 11 is 1.83. The first-order valence-corrected chi connectivity index (χ1v) is 7.02. The standard InChI is InChI=1S/C13H21NOS/c1-3-9-14-12(11-6-4-10-16-11)13(15-2)7-5-8-13/h4,6,10,12,14H,3,5,7-9H2,1-2H3. The van der Waals surface area contributed by atoms with Crippen LogP contribution < -0.4 is 5.32 Å². The normalized spacial score (nSPS) is 20.4. The van der Waals surface area contributed by atoms with E-state index in [0.717, 1.165) is 6.54 Å². The molecule has 1 aliphatic rings. The molecule has 0 saturated heterocycles. The van der Waals surface area contributed by atoms with Gasteiger partial charge in [0.1, 0.15) is 0 Å². The number of thiophene rings is 1. The lowest BCUT2D eigenvalue weighted by atomic mass is 9.74. The van der Waals surface area contributed by atoms with Gasteiger partial charge >= 0.3 is 0 Å². The van der Waals surface area contributed by atoms with Gasteiger partial charge in [-0.05, 0) is 43.7 Å². The van der Waals surface area contributed by atoms with Gasteiger partial charge in [0.15, 0.2) is 0 Å². The molecule has 2 nitrogen and oxygen atoms in total. The molecule has 0 radical (unpaired) electrons. The fourth-order valence-electron chi connectivity index (χ4n) is 2.43. The van der Waals surface area contributed by atoms with Crippen molar-refractivity contribution in [3.63, 3.8) is 0 Å². The van der Waals surface area contributed by atoms with Crippen LogP contribution in [0.3, 0.4) is 0 Å². The number of rotatable bonds is 6. The minimum atomic E-state index is 0.0556. The predicted molar refractivity (Wildman–Crippen MR) is 68.9 cm³/mol. The molecule has 3 heteroatoms. The summed E-state index contributed by atoms with van der Waals surface area (Å²) in [4.78, 5) is 1.41. The van der Waals surface area contributed by atoms with Gasteiger partial charge in [0, 0.05) is 12.0 Å². The second-order valence-electron chi connectivity index (χ2n) is 4.53. The fraction of sp³-hybridized carbons (Fsp3) is 0.692. The molecule has 1 aliphatic carbocycles. The zero-order chi connectivity index (χ0) is 11.4. The molecule has 1 aromatic heterocycles. The van der Waals surface area contributed by atoms with Crippen LogP contribution in [-0.4, -0.2) is 19.3 Å². The number of hydrogen-bond donors (Lipinski definition) is 1. The molecule has 1 saturated carbocycles. The van der Waals surface area contributed by atoms with Crippen molar-refractivity contribution in [1.82, 2.24) is 5.32 Å². The van der Waals surface area contributed by atoms with Crippen LogP contribution in [0.15, 0.2) is 17.5 Å². The third-order valence-electron chi connectivity index (χ3n) is 3.56. The highest BCUT2D eigenvalue weighted by atomic mass is 32.1. The van der Waals surface area contributed by atoms with E-state index in [2.05, 4.69) is 29.8 Å². The second-order valence-corrected chi connectivity index (χ2v) is 5.50. The van der Waals surface area contributed by atoms with Crippen LogP contribution in [0.4, 0.5) is 0 Å². The highest BCUT2D eigenvalue weighted by Crippen LogP contribution is 2.45. The lowest BCUT2D eigenvalue weighted by Gasteiger charge is -2.46. The Morgan fingerprint density at radius 3 is 2.81 bits per heavy atom. The van der Waals surface area contributed by atoms with Crippen LogP contribution in [-0.2, 0) is 4.74 Å². The Kier molecular flexibility index (Phi) is 4.00. The highest BCUT2D eigenvalue weighted by molar-refractivity contribution is 7.10. The summed E-state index contributed by atoms with van der Waals surface area (Å²) in [5.41, 5.74) is 0.0556. The molecule has 0 amide bonds. The molecule has 0 spiro atoms. The van der Waals surface area contributed by atoms with E-state index in [4.69, 9.17) is 4.74 Å². The second kappa shape index (κ2) is 5.30. The van der Waals surface area contributed by atoms with Crippen molar-refractivity contribution in [2.24, 2.45) is 0 Å². The average Bonchev–Trinajstić information content (AvgIpc) is 2.75. The van der Waals surface area contributed by atoms with Crippen molar-refractivity contribution in [3.8, 4) is 0 Å². The van der Waals surface area contributed by atoms with Crippen molar-refractivity contribution in [3.05, 3.63) is 22.4 Å². The van der Waals surface area contributed by atoms with Gasteiger partial charge in [0.05, 0.1) is 11.6 Å². The van der Waals surface area contributed by atoms with Crippen LogP contribution in [0.25, 0.3) is 0 Å². The Balaban J connectivity index is 2.14. The predicted octanol–water partition coefficient (Wildman–Crippen LogP) is 3.36. The molecule has 1 atom stereocenters. The molecule has 90 valence electrons. The van der Waals surface area contributed by atoms with E-state index < -0.39 is 0 Å². The zero-order valence-corrected chi connectivity index (χ0v) is 11.0. The number of ether oxygens (including phenoxy) is 1. The summed E-state index contributed by atoms with van der Waals surface area (Å²) in [5.74, 6) is 0. The van der Waals surface area contributed by atoms with Crippen molar-refractivity contribution in [2.45, 2.75) is 44.2 Å². The Labute approximate surface area is 102 Å². The Hall–Kier alpha value is -0.380. The summed E-state index contributed by atoms with van der Waals surface area (Å²) in [6.07, 6.45) is 4.83. The topological polar surface area (TPSA) is 21.3 Å². The molecule has 1 heterocycles. The van der Waals surface area contributed by atoms with Gasteiger partial charge in [-0.15, -0.1) is 11.3 Å². The van der Waals surface area contributed by atoms with E-state index in [9.17, 15) is 0 Å². The lowest BCUT2D eigenvalue weighted by molar-refractivity contribution is -0.0989. The van der Waals surface area contributed by atoms with Crippen LogP contribution in [0.1, 0.15) is 43.5 Å². The van der Waals surface area contributed by atoms with Crippen LogP contribution in [0, 0.1) is 0 Å². The third-order valence-corrected chi connectivity index (χ3v) is 4.50. The van der Waals surface area contributed by atoms with Gasteiger partial charge in [0.25, 0.3) is 0 Å². The number of nitrogens with one attached hydrogen (secondary N) is 1. The minimum absolute atomic E-state index is 0.0556. The van der Waals surface area contributed by atoms with E-state index in [-0.39, 0.29) is 5.60 Å². The molecule has 2 rings (SSSR count). The molecule has 1 fully saturated rings. The van der Waals surface area contributed by atoms with Gasteiger partial charge in [0.2, 0.25) is 0 Å². The molecule has 1 N–H and O–H groups in total. The van der Waals surface area contributed by atoms with Crippen molar-refractivity contribution < 1.29 is 4.74 Å². The molecule has 0 bridgehead atoms. The SMILES string of the molecule is CCCNC(c1cccs1)C1(OC)CCC1. The van der Waals surface area contributed by atoms with Gasteiger partial charge in [-0.3, -0.25) is 0 Å². The van der Waals surface area contributed by atoms with Crippen LogP contribution >= 0.6 is 11.3 Å². The summed E-state index contributed by atoms with van der Waals surface area (Å²) in [5, 5.41) is 5.80. The molecule has 16 heavy (non-hydrogen) atoms. The summed E-state index contributed by atoms with van der Waals surface area (Å²) < 4.78 is 5.80. The lowest BCUT2D eigenvalue weighted by Crippen LogP contribution is -2.50. The van der Waals surface area contributed by atoms with Crippen molar-refractivity contribution in [2.75, 3.05) is 13.7 Å². The van der Waals surface area contributed by atoms with Gasteiger partial charge < -0.3 is 10.1 Å². The van der Waals surface area contributed by atoms with Gasteiger partial charge in [-0.1, -0.05) is 13.0 Å². The maximum Gasteiger partial charge on any atom is 0.0880 e. The van der Waals surface area contributed by atoms with Gasteiger partial charge in [-0.25, -0.2) is 0 Å². The van der Waals surface area contributed by atoms with Gasteiger partial charge in [-0.2, -0.15) is 0 Å². The van der Waals surface area contributed by atoms with E-state index >= 15 is 0 Å². The molecule has 0 aromatic carbocycles. The molecular formula is C13H21NOS. The summed E-state index contributed by atoms with van der Waals surface area (Å²) in [6, 6.07) is 4.73. The quantitative estimate of drug-likeness (QED) is 0.822. The molecule has 0 aliphatic heterocycles. The Morgan fingerprint density at radius 1 is 1.56 bits per heavy atom.